The van der Waals surface area contributed by atoms with Crippen LogP contribution in [0.2, 0.25) is 0 Å². The predicted octanol–water partition coefficient (Wildman–Crippen LogP) is 4.06. The third-order valence-electron chi connectivity index (χ3n) is 2.55. The first kappa shape index (κ1) is 10.3. The molecule has 0 aromatic heterocycles. The van der Waals surface area contributed by atoms with Crippen molar-refractivity contribution >= 4 is 0 Å². The Bertz CT molecular complexity index is 213. The maximum Gasteiger partial charge on any atom is -0.0276 e. The predicted molar refractivity (Wildman–Crippen MR) is 58.8 cm³/mol. The van der Waals surface area contributed by atoms with Crippen LogP contribution in [0.1, 0.15) is 38.7 Å². The molecule has 1 rings (SSSR count). The molecular formula is C13H20. The molecular weight excluding hydrogens is 156 g/mol. The lowest BCUT2D eigenvalue weighted by Crippen LogP contribution is -1.96. The Morgan fingerprint density at radius 1 is 1.08 bits per heavy atom. The molecule has 0 aliphatic heterocycles. The second kappa shape index (κ2) is 5.80. The summed E-state index contributed by atoms with van der Waals surface area (Å²) in [5, 5.41) is 0. The first-order chi connectivity index (χ1) is 6.33. The van der Waals surface area contributed by atoms with Crippen molar-refractivity contribution in [2.24, 2.45) is 5.92 Å². The van der Waals surface area contributed by atoms with Crippen LogP contribution in [0.4, 0.5) is 0 Å². The van der Waals surface area contributed by atoms with Crippen LogP contribution in [-0.4, -0.2) is 0 Å². The van der Waals surface area contributed by atoms with Crippen molar-refractivity contribution in [2.75, 3.05) is 0 Å². The number of hydrogen-bond acceptors (Lipinski definition) is 0. The largest absolute Gasteiger partial charge is 0.0654 e. The molecule has 0 N–H and O–H groups in total. The van der Waals surface area contributed by atoms with Crippen molar-refractivity contribution < 1.29 is 0 Å². The molecule has 0 bridgehead atoms. The number of aryl methyl sites for hydroxylation is 1. The lowest BCUT2D eigenvalue weighted by atomic mass is 9.97. The SMILES string of the molecule is CCCC(C)CCc1ccccc1. The van der Waals surface area contributed by atoms with E-state index in [2.05, 4.69) is 44.2 Å². The van der Waals surface area contributed by atoms with E-state index in [4.69, 9.17) is 0 Å². The van der Waals surface area contributed by atoms with Crippen molar-refractivity contribution in [1.29, 1.82) is 0 Å². The second-order valence-corrected chi connectivity index (χ2v) is 3.92. The fourth-order valence-electron chi connectivity index (χ4n) is 1.69. The Hall–Kier alpha value is -0.780. The average Bonchev–Trinajstić information content (AvgIpc) is 2.17. The van der Waals surface area contributed by atoms with Gasteiger partial charge in [-0.3, -0.25) is 0 Å². The van der Waals surface area contributed by atoms with Crippen LogP contribution < -0.4 is 0 Å². The minimum Gasteiger partial charge on any atom is -0.0654 e. The summed E-state index contributed by atoms with van der Waals surface area (Å²) in [6.45, 7) is 4.62. The summed E-state index contributed by atoms with van der Waals surface area (Å²) in [7, 11) is 0. The minimum atomic E-state index is 0.880. The molecule has 72 valence electrons. The molecule has 0 heterocycles. The van der Waals surface area contributed by atoms with E-state index in [0.717, 1.165) is 5.92 Å². The van der Waals surface area contributed by atoms with E-state index in [-0.39, 0.29) is 0 Å². The van der Waals surface area contributed by atoms with E-state index in [1.165, 1.54) is 31.2 Å². The monoisotopic (exact) mass is 176 g/mol. The summed E-state index contributed by atoms with van der Waals surface area (Å²) in [6, 6.07) is 10.8. The lowest BCUT2D eigenvalue weighted by molar-refractivity contribution is 0.486. The summed E-state index contributed by atoms with van der Waals surface area (Å²) >= 11 is 0. The van der Waals surface area contributed by atoms with Crippen LogP contribution in [-0.2, 0) is 6.42 Å². The smallest absolute Gasteiger partial charge is 0.0276 e. The van der Waals surface area contributed by atoms with Crippen LogP contribution in [0.15, 0.2) is 30.3 Å². The number of rotatable bonds is 5. The molecule has 0 aliphatic carbocycles. The van der Waals surface area contributed by atoms with Gasteiger partial charge in [0.05, 0.1) is 0 Å². The van der Waals surface area contributed by atoms with E-state index in [0.29, 0.717) is 0 Å². The molecule has 0 saturated heterocycles. The summed E-state index contributed by atoms with van der Waals surface area (Å²) < 4.78 is 0. The average molecular weight is 176 g/mol. The van der Waals surface area contributed by atoms with Gasteiger partial charge in [-0.1, -0.05) is 57.0 Å². The van der Waals surface area contributed by atoms with Gasteiger partial charge in [-0.15, -0.1) is 0 Å². The Morgan fingerprint density at radius 3 is 2.38 bits per heavy atom. The topological polar surface area (TPSA) is 0 Å². The number of benzene rings is 1. The second-order valence-electron chi connectivity index (χ2n) is 3.92. The first-order valence-corrected chi connectivity index (χ1v) is 5.37. The van der Waals surface area contributed by atoms with Crippen molar-refractivity contribution in [1.82, 2.24) is 0 Å². The highest BCUT2D eigenvalue weighted by molar-refractivity contribution is 5.14. The molecule has 0 amide bonds. The summed E-state index contributed by atoms with van der Waals surface area (Å²) in [4.78, 5) is 0. The van der Waals surface area contributed by atoms with Gasteiger partial charge in [0.25, 0.3) is 0 Å². The van der Waals surface area contributed by atoms with Gasteiger partial charge >= 0.3 is 0 Å². The van der Waals surface area contributed by atoms with Crippen LogP contribution in [0.3, 0.4) is 0 Å². The standard InChI is InChI=1S/C13H20/c1-3-7-12(2)10-11-13-8-5-4-6-9-13/h4-6,8-9,12H,3,7,10-11H2,1-2H3. The van der Waals surface area contributed by atoms with Gasteiger partial charge < -0.3 is 0 Å². The fraction of sp³-hybridized carbons (Fsp3) is 0.538. The molecule has 0 fully saturated rings. The highest BCUT2D eigenvalue weighted by Crippen LogP contribution is 2.13. The zero-order chi connectivity index (χ0) is 9.52. The highest BCUT2D eigenvalue weighted by Gasteiger charge is 2.00. The molecule has 13 heavy (non-hydrogen) atoms. The minimum absolute atomic E-state index is 0.880. The summed E-state index contributed by atoms with van der Waals surface area (Å²) in [5.41, 5.74) is 1.48. The molecule has 0 radical (unpaired) electrons. The Balaban J connectivity index is 2.27. The van der Waals surface area contributed by atoms with E-state index < -0.39 is 0 Å². The van der Waals surface area contributed by atoms with Gasteiger partial charge in [0, 0.05) is 0 Å². The molecule has 0 nitrogen and oxygen atoms in total. The quantitative estimate of drug-likeness (QED) is 0.634. The summed E-state index contributed by atoms with van der Waals surface area (Å²) in [6.07, 6.45) is 5.25. The van der Waals surface area contributed by atoms with E-state index in [9.17, 15) is 0 Å². The van der Waals surface area contributed by atoms with Crippen molar-refractivity contribution in [3.63, 3.8) is 0 Å². The highest BCUT2D eigenvalue weighted by atomic mass is 14.1. The van der Waals surface area contributed by atoms with Gasteiger partial charge in [-0.2, -0.15) is 0 Å². The van der Waals surface area contributed by atoms with Gasteiger partial charge in [0.15, 0.2) is 0 Å². The maximum atomic E-state index is 2.35. The van der Waals surface area contributed by atoms with E-state index >= 15 is 0 Å². The molecule has 1 unspecified atom stereocenters. The van der Waals surface area contributed by atoms with Gasteiger partial charge in [0.2, 0.25) is 0 Å². The Kier molecular flexibility index (Phi) is 4.59. The third-order valence-corrected chi connectivity index (χ3v) is 2.55. The van der Waals surface area contributed by atoms with Crippen LogP contribution in [0, 0.1) is 5.92 Å². The van der Waals surface area contributed by atoms with Crippen molar-refractivity contribution in [2.45, 2.75) is 39.5 Å². The van der Waals surface area contributed by atoms with Crippen LogP contribution in [0.25, 0.3) is 0 Å². The summed E-state index contributed by atoms with van der Waals surface area (Å²) in [5.74, 6) is 0.880. The molecule has 0 saturated carbocycles. The maximum absolute atomic E-state index is 2.35. The molecule has 1 atom stereocenters. The molecule has 0 heteroatoms. The zero-order valence-electron chi connectivity index (χ0n) is 8.79. The van der Waals surface area contributed by atoms with Gasteiger partial charge in [-0.05, 0) is 24.3 Å². The first-order valence-electron chi connectivity index (χ1n) is 5.37. The fourth-order valence-corrected chi connectivity index (χ4v) is 1.69. The molecule has 1 aromatic carbocycles. The third kappa shape index (κ3) is 4.12. The molecule has 0 aliphatic rings. The van der Waals surface area contributed by atoms with E-state index in [1.54, 1.807) is 0 Å². The zero-order valence-corrected chi connectivity index (χ0v) is 8.79. The molecule has 1 aromatic rings. The van der Waals surface area contributed by atoms with Crippen molar-refractivity contribution in [3.05, 3.63) is 35.9 Å². The lowest BCUT2D eigenvalue weighted by Gasteiger charge is -2.09. The Morgan fingerprint density at radius 2 is 1.77 bits per heavy atom. The van der Waals surface area contributed by atoms with Crippen LogP contribution >= 0.6 is 0 Å². The van der Waals surface area contributed by atoms with Crippen LogP contribution in [0.5, 0.6) is 0 Å². The Labute approximate surface area is 82.0 Å². The number of hydrogen-bond donors (Lipinski definition) is 0. The van der Waals surface area contributed by atoms with Gasteiger partial charge in [-0.25, -0.2) is 0 Å². The van der Waals surface area contributed by atoms with E-state index in [1.807, 2.05) is 0 Å². The van der Waals surface area contributed by atoms with Gasteiger partial charge in [0.1, 0.15) is 0 Å². The molecule has 0 spiro atoms. The van der Waals surface area contributed by atoms with Crippen molar-refractivity contribution in [3.8, 4) is 0 Å². The normalized spacial score (nSPS) is 12.8.